The SMILES string of the molecule is CC/C=C/C/C=C/C/C=C/CCCCCCCC(=O)OC[C@H](CO)OC(=O)CCCCCCC/C=C/C/C=C/CCCC. The minimum atomic E-state index is -0.786. The highest BCUT2D eigenvalue weighted by atomic mass is 16.6. The van der Waals surface area contributed by atoms with E-state index < -0.39 is 6.10 Å². The number of aliphatic hydroxyl groups is 1. The minimum absolute atomic E-state index is 0.0832. The van der Waals surface area contributed by atoms with Crippen molar-refractivity contribution in [2.75, 3.05) is 13.2 Å². The molecule has 246 valence electrons. The second-order valence-electron chi connectivity index (χ2n) is 11.2. The van der Waals surface area contributed by atoms with Gasteiger partial charge in [0.25, 0.3) is 0 Å². The second kappa shape index (κ2) is 34.1. The van der Waals surface area contributed by atoms with Crippen molar-refractivity contribution >= 4 is 11.9 Å². The zero-order valence-electron chi connectivity index (χ0n) is 27.7. The van der Waals surface area contributed by atoms with Crippen molar-refractivity contribution in [2.45, 2.75) is 155 Å². The van der Waals surface area contributed by atoms with Crippen LogP contribution < -0.4 is 0 Å². The van der Waals surface area contributed by atoms with Crippen LogP contribution in [0.1, 0.15) is 149 Å². The predicted molar refractivity (Wildman–Crippen MR) is 182 cm³/mol. The Hall–Kier alpha value is -2.40. The number of allylic oxidation sites excluding steroid dienone is 10. The summed E-state index contributed by atoms with van der Waals surface area (Å²) < 4.78 is 10.5. The van der Waals surface area contributed by atoms with Crippen LogP contribution in [0.5, 0.6) is 0 Å². The third-order valence-corrected chi connectivity index (χ3v) is 7.05. The molecule has 0 aliphatic carbocycles. The van der Waals surface area contributed by atoms with E-state index in [-0.39, 0.29) is 25.2 Å². The molecule has 0 aromatic heterocycles. The monoisotopic (exact) mass is 600 g/mol. The van der Waals surface area contributed by atoms with E-state index in [0.717, 1.165) is 89.9 Å². The summed E-state index contributed by atoms with van der Waals surface area (Å²) in [6, 6.07) is 0. The lowest BCUT2D eigenvalue weighted by Crippen LogP contribution is -2.28. The van der Waals surface area contributed by atoms with Crippen LogP contribution in [0.2, 0.25) is 0 Å². The summed E-state index contributed by atoms with van der Waals surface area (Å²) >= 11 is 0. The van der Waals surface area contributed by atoms with Crippen molar-refractivity contribution in [3.63, 3.8) is 0 Å². The lowest BCUT2D eigenvalue weighted by Gasteiger charge is -2.15. The van der Waals surface area contributed by atoms with Gasteiger partial charge in [0.1, 0.15) is 6.61 Å². The molecule has 0 amide bonds. The van der Waals surface area contributed by atoms with Crippen LogP contribution in [0.25, 0.3) is 0 Å². The molecule has 0 aromatic rings. The Morgan fingerprint density at radius 3 is 1.51 bits per heavy atom. The fourth-order valence-corrected chi connectivity index (χ4v) is 4.41. The third kappa shape index (κ3) is 32.4. The smallest absolute Gasteiger partial charge is 0.306 e. The van der Waals surface area contributed by atoms with Crippen molar-refractivity contribution in [2.24, 2.45) is 0 Å². The van der Waals surface area contributed by atoms with E-state index in [4.69, 9.17) is 9.47 Å². The van der Waals surface area contributed by atoms with Crippen LogP contribution in [0.15, 0.2) is 60.8 Å². The van der Waals surface area contributed by atoms with Gasteiger partial charge in [-0.2, -0.15) is 0 Å². The molecular formula is C38H64O5. The zero-order chi connectivity index (χ0) is 31.5. The van der Waals surface area contributed by atoms with Gasteiger partial charge >= 0.3 is 11.9 Å². The summed E-state index contributed by atoms with van der Waals surface area (Å²) in [4.78, 5) is 24.1. The number of carbonyl (C=O) groups excluding carboxylic acids is 2. The molecule has 0 aromatic carbocycles. The molecule has 0 aliphatic rings. The van der Waals surface area contributed by atoms with Crippen LogP contribution in [0.4, 0.5) is 0 Å². The Bertz CT molecular complexity index is 777. The number of rotatable bonds is 30. The van der Waals surface area contributed by atoms with E-state index >= 15 is 0 Å². The van der Waals surface area contributed by atoms with Crippen molar-refractivity contribution in [3.05, 3.63) is 60.8 Å². The topological polar surface area (TPSA) is 72.8 Å². The Kier molecular flexibility index (Phi) is 32.2. The molecule has 0 radical (unpaired) electrons. The third-order valence-electron chi connectivity index (χ3n) is 7.05. The van der Waals surface area contributed by atoms with Gasteiger partial charge in [-0.15, -0.1) is 0 Å². The fraction of sp³-hybridized carbons (Fsp3) is 0.684. The summed E-state index contributed by atoms with van der Waals surface area (Å²) in [6.07, 6.45) is 42.7. The summed E-state index contributed by atoms with van der Waals surface area (Å²) in [7, 11) is 0. The van der Waals surface area contributed by atoms with E-state index in [2.05, 4.69) is 74.6 Å². The van der Waals surface area contributed by atoms with E-state index in [1.807, 2.05) is 0 Å². The van der Waals surface area contributed by atoms with Crippen molar-refractivity contribution < 1.29 is 24.2 Å². The van der Waals surface area contributed by atoms with Gasteiger partial charge in [0.05, 0.1) is 6.61 Å². The van der Waals surface area contributed by atoms with Crippen molar-refractivity contribution in [1.82, 2.24) is 0 Å². The molecule has 0 unspecified atom stereocenters. The number of esters is 2. The highest BCUT2D eigenvalue weighted by Gasteiger charge is 2.16. The van der Waals surface area contributed by atoms with E-state index in [0.29, 0.717) is 12.8 Å². The Morgan fingerprint density at radius 1 is 0.558 bits per heavy atom. The maximum Gasteiger partial charge on any atom is 0.306 e. The second-order valence-corrected chi connectivity index (χ2v) is 11.2. The molecule has 1 atom stereocenters. The first-order valence-corrected chi connectivity index (χ1v) is 17.3. The number of hydrogen-bond donors (Lipinski definition) is 1. The Morgan fingerprint density at radius 2 is 1.00 bits per heavy atom. The van der Waals surface area contributed by atoms with Crippen molar-refractivity contribution in [3.8, 4) is 0 Å². The first-order chi connectivity index (χ1) is 21.1. The first kappa shape index (κ1) is 40.6. The van der Waals surface area contributed by atoms with Crippen molar-refractivity contribution in [1.29, 1.82) is 0 Å². The molecule has 0 rings (SSSR count). The number of carbonyl (C=O) groups is 2. The van der Waals surface area contributed by atoms with E-state index in [9.17, 15) is 14.7 Å². The van der Waals surface area contributed by atoms with Gasteiger partial charge in [0, 0.05) is 12.8 Å². The number of aliphatic hydroxyl groups excluding tert-OH is 1. The molecule has 5 nitrogen and oxygen atoms in total. The normalized spacial score (nSPS) is 12.9. The van der Waals surface area contributed by atoms with Crippen LogP contribution in [0, 0.1) is 0 Å². The summed E-state index contributed by atoms with van der Waals surface area (Å²) in [5, 5.41) is 9.51. The molecule has 0 saturated carbocycles. The minimum Gasteiger partial charge on any atom is -0.462 e. The highest BCUT2D eigenvalue weighted by molar-refractivity contribution is 5.70. The molecule has 0 spiro atoms. The highest BCUT2D eigenvalue weighted by Crippen LogP contribution is 2.11. The van der Waals surface area contributed by atoms with Crippen LogP contribution in [0.3, 0.4) is 0 Å². The summed E-state index contributed by atoms with van der Waals surface area (Å²) in [5.74, 6) is -0.634. The number of ether oxygens (including phenoxy) is 2. The molecule has 0 bridgehead atoms. The molecule has 0 aliphatic heterocycles. The van der Waals surface area contributed by atoms with Gasteiger partial charge in [-0.05, 0) is 70.6 Å². The lowest BCUT2D eigenvalue weighted by molar-refractivity contribution is -0.161. The van der Waals surface area contributed by atoms with Gasteiger partial charge in [-0.3, -0.25) is 9.59 Å². The van der Waals surface area contributed by atoms with Gasteiger partial charge in [0.15, 0.2) is 6.10 Å². The zero-order valence-corrected chi connectivity index (χ0v) is 27.7. The van der Waals surface area contributed by atoms with Crippen LogP contribution in [-0.2, 0) is 19.1 Å². The Labute approximate surface area is 264 Å². The van der Waals surface area contributed by atoms with Gasteiger partial charge < -0.3 is 14.6 Å². The summed E-state index contributed by atoms with van der Waals surface area (Å²) in [5.41, 5.74) is 0. The predicted octanol–water partition coefficient (Wildman–Crippen LogP) is 10.4. The van der Waals surface area contributed by atoms with E-state index in [1.54, 1.807) is 0 Å². The largest absolute Gasteiger partial charge is 0.462 e. The number of unbranched alkanes of at least 4 members (excludes halogenated alkanes) is 12. The maximum absolute atomic E-state index is 12.1. The average molecular weight is 601 g/mol. The molecule has 1 N–H and O–H groups in total. The molecule has 5 heteroatoms. The maximum atomic E-state index is 12.1. The van der Waals surface area contributed by atoms with Crippen LogP contribution in [-0.4, -0.2) is 36.4 Å². The van der Waals surface area contributed by atoms with Gasteiger partial charge in [-0.25, -0.2) is 0 Å². The first-order valence-electron chi connectivity index (χ1n) is 17.3. The van der Waals surface area contributed by atoms with Gasteiger partial charge in [-0.1, -0.05) is 126 Å². The molecule has 43 heavy (non-hydrogen) atoms. The molecule has 0 saturated heterocycles. The average Bonchev–Trinajstić information content (AvgIpc) is 3.01. The molecule has 0 heterocycles. The lowest BCUT2D eigenvalue weighted by atomic mass is 10.1. The Balaban J connectivity index is 3.66. The summed E-state index contributed by atoms with van der Waals surface area (Å²) in [6.45, 7) is 3.93. The van der Waals surface area contributed by atoms with E-state index in [1.165, 1.54) is 32.1 Å². The quantitative estimate of drug-likeness (QED) is 0.0504. The standard InChI is InChI=1S/C38H64O5/c1-3-5-7-9-11-13-15-17-19-21-22-24-26-28-30-32-37(40)42-35-36(34-39)43-38(41)33-31-29-27-25-23-20-18-16-14-12-10-8-6-4-2/h5,7,10-13,16-19,36,39H,3-4,6,8-9,14-15,20-35H2,1-2H3/b7-5+,12-10+,13-11+,18-16+,19-17+/t36-/m0/s1. The molecule has 0 fully saturated rings. The van der Waals surface area contributed by atoms with Gasteiger partial charge in [0.2, 0.25) is 0 Å². The molecular weight excluding hydrogens is 536 g/mol. The van der Waals surface area contributed by atoms with Crippen LogP contribution >= 0.6 is 0 Å². The fourth-order valence-electron chi connectivity index (χ4n) is 4.41. The number of hydrogen-bond acceptors (Lipinski definition) is 5.